The molecule has 0 fully saturated rings. The number of hydrogen-bond acceptors (Lipinski definition) is 3. The molecule has 2 amide bonds. The van der Waals surface area contributed by atoms with Crippen molar-refractivity contribution in [2.24, 2.45) is 0 Å². The number of carbonyl (C=O) groups excluding carboxylic acids is 2. The van der Waals surface area contributed by atoms with Gasteiger partial charge in [-0.3, -0.25) is 9.59 Å². The molecule has 5 nitrogen and oxygen atoms in total. The molecule has 0 radical (unpaired) electrons. The number of hydrogen-bond donors (Lipinski definition) is 3. The van der Waals surface area contributed by atoms with E-state index in [1.165, 1.54) is 6.07 Å². The van der Waals surface area contributed by atoms with Crippen LogP contribution in [0.15, 0.2) is 42.5 Å². The highest BCUT2D eigenvalue weighted by molar-refractivity contribution is 5.98. The van der Waals surface area contributed by atoms with Crippen molar-refractivity contribution in [3.05, 3.63) is 65.0 Å². The van der Waals surface area contributed by atoms with E-state index in [1.54, 1.807) is 24.3 Å². The van der Waals surface area contributed by atoms with E-state index in [1.807, 2.05) is 6.07 Å². The topological polar surface area (TPSA) is 78.4 Å². The number of fused-ring (bicyclic) bond motifs is 1. The van der Waals surface area contributed by atoms with E-state index in [0.717, 1.165) is 17.2 Å². The van der Waals surface area contributed by atoms with Crippen LogP contribution in [0.2, 0.25) is 0 Å². The largest absolute Gasteiger partial charge is 0.394 e. The number of benzene rings is 2. The lowest BCUT2D eigenvalue weighted by molar-refractivity contribution is -0.116. The Kier molecular flexibility index (Phi) is 4.57. The van der Waals surface area contributed by atoms with Crippen LogP contribution in [-0.4, -0.2) is 23.5 Å². The van der Waals surface area contributed by atoms with Crippen molar-refractivity contribution in [1.82, 2.24) is 5.32 Å². The molecule has 3 N–H and O–H groups in total. The van der Waals surface area contributed by atoms with Crippen LogP contribution in [-0.2, 0) is 11.2 Å². The van der Waals surface area contributed by atoms with Gasteiger partial charge in [0.2, 0.25) is 5.91 Å². The molecule has 1 unspecified atom stereocenters. The van der Waals surface area contributed by atoms with Crippen molar-refractivity contribution < 1.29 is 19.1 Å². The standard InChI is InChI=1S/C18H17FN2O3/c19-14-9-15-12(6-7-17(23)20-15)8-13(14)18(24)21-16(10-22)11-4-2-1-3-5-11/h1-5,8-9,16,22H,6-7,10H2,(H,20,23)(H,21,24). The SMILES string of the molecule is O=C1CCc2cc(C(=O)NC(CO)c3ccccc3)c(F)cc2N1. The average Bonchev–Trinajstić information content (AvgIpc) is 2.59. The minimum absolute atomic E-state index is 0.0979. The Morgan fingerprint density at radius 3 is 2.71 bits per heavy atom. The molecule has 2 aromatic carbocycles. The number of nitrogens with one attached hydrogen (secondary N) is 2. The number of aryl methyl sites for hydroxylation is 1. The molecular formula is C18H17FN2O3. The molecule has 2 aromatic rings. The van der Waals surface area contributed by atoms with Gasteiger partial charge >= 0.3 is 0 Å². The third-order valence-electron chi connectivity index (χ3n) is 4.02. The molecule has 0 bridgehead atoms. The number of amides is 2. The van der Waals surface area contributed by atoms with Gasteiger partial charge in [0.1, 0.15) is 5.82 Å². The van der Waals surface area contributed by atoms with Gasteiger partial charge in [-0.2, -0.15) is 0 Å². The summed E-state index contributed by atoms with van der Waals surface area (Å²) in [4.78, 5) is 23.8. The third-order valence-corrected chi connectivity index (χ3v) is 4.02. The van der Waals surface area contributed by atoms with Gasteiger partial charge in [-0.1, -0.05) is 30.3 Å². The predicted molar refractivity (Wildman–Crippen MR) is 87.1 cm³/mol. The van der Waals surface area contributed by atoms with Crippen molar-refractivity contribution in [3.63, 3.8) is 0 Å². The van der Waals surface area contributed by atoms with E-state index >= 15 is 0 Å². The molecule has 0 saturated carbocycles. The zero-order chi connectivity index (χ0) is 17.1. The molecule has 0 saturated heterocycles. The second-order valence-electron chi connectivity index (χ2n) is 5.66. The Labute approximate surface area is 138 Å². The highest BCUT2D eigenvalue weighted by Crippen LogP contribution is 2.26. The normalized spacial score (nSPS) is 14.5. The molecular weight excluding hydrogens is 311 g/mol. The lowest BCUT2D eigenvalue weighted by Gasteiger charge is -2.20. The Morgan fingerprint density at radius 2 is 2.00 bits per heavy atom. The zero-order valence-corrected chi connectivity index (χ0v) is 12.9. The fourth-order valence-corrected chi connectivity index (χ4v) is 2.73. The minimum atomic E-state index is -0.710. The van der Waals surface area contributed by atoms with Crippen LogP contribution in [0.5, 0.6) is 0 Å². The molecule has 6 heteroatoms. The first-order valence-corrected chi connectivity index (χ1v) is 7.67. The predicted octanol–water partition coefficient (Wildman–Crippen LogP) is 2.17. The first-order valence-electron chi connectivity index (χ1n) is 7.67. The second kappa shape index (κ2) is 6.80. The fraction of sp³-hybridized carbons (Fsp3) is 0.222. The molecule has 124 valence electrons. The van der Waals surface area contributed by atoms with Crippen LogP contribution in [0, 0.1) is 5.82 Å². The number of rotatable bonds is 4. The Hall–Kier alpha value is -2.73. The lowest BCUT2D eigenvalue weighted by Crippen LogP contribution is -2.31. The van der Waals surface area contributed by atoms with E-state index in [-0.39, 0.29) is 18.1 Å². The highest BCUT2D eigenvalue weighted by Gasteiger charge is 2.22. The Balaban J connectivity index is 1.83. The summed E-state index contributed by atoms with van der Waals surface area (Å²) in [7, 11) is 0. The van der Waals surface area contributed by atoms with E-state index in [2.05, 4.69) is 10.6 Å². The van der Waals surface area contributed by atoms with Crippen LogP contribution in [0.4, 0.5) is 10.1 Å². The second-order valence-corrected chi connectivity index (χ2v) is 5.66. The summed E-state index contributed by atoms with van der Waals surface area (Å²) in [5.41, 5.74) is 1.77. The van der Waals surface area contributed by atoms with Gasteiger partial charge in [-0.05, 0) is 29.7 Å². The van der Waals surface area contributed by atoms with Gasteiger partial charge in [-0.25, -0.2) is 4.39 Å². The van der Waals surface area contributed by atoms with Crippen molar-refractivity contribution >= 4 is 17.5 Å². The summed E-state index contributed by atoms with van der Waals surface area (Å²) in [5, 5.41) is 14.7. The van der Waals surface area contributed by atoms with Gasteiger partial charge in [0.05, 0.1) is 18.2 Å². The van der Waals surface area contributed by atoms with Crippen LogP contribution < -0.4 is 10.6 Å². The number of carbonyl (C=O) groups is 2. The van der Waals surface area contributed by atoms with Gasteiger partial charge in [0.15, 0.2) is 0 Å². The molecule has 1 atom stereocenters. The van der Waals surface area contributed by atoms with E-state index < -0.39 is 17.8 Å². The van der Waals surface area contributed by atoms with Crippen molar-refractivity contribution in [3.8, 4) is 0 Å². The van der Waals surface area contributed by atoms with E-state index in [4.69, 9.17) is 0 Å². The summed E-state index contributed by atoms with van der Waals surface area (Å²) in [6.07, 6.45) is 0.771. The van der Waals surface area contributed by atoms with Gasteiger partial charge < -0.3 is 15.7 Å². The van der Waals surface area contributed by atoms with E-state index in [0.29, 0.717) is 18.5 Å². The Morgan fingerprint density at radius 1 is 1.25 bits per heavy atom. The Bertz CT molecular complexity index is 777. The molecule has 24 heavy (non-hydrogen) atoms. The van der Waals surface area contributed by atoms with Crippen molar-refractivity contribution in [2.45, 2.75) is 18.9 Å². The summed E-state index contributed by atoms with van der Waals surface area (Å²) in [6, 6.07) is 11.0. The highest BCUT2D eigenvalue weighted by atomic mass is 19.1. The van der Waals surface area contributed by atoms with Crippen LogP contribution in [0.3, 0.4) is 0 Å². The van der Waals surface area contributed by atoms with Gasteiger partial charge in [0.25, 0.3) is 5.91 Å². The fourth-order valence-electron chi connectivity index (χ4n) is 2.73. The summed E-state index contributed by atoms with van der Waals surface area (Å²) in [5.74, 6) is -1.48. The lowest BCUT2D eigenvalue weighted by atomic mass is 9.99. The maximum atomic E-state index is 14.2. The van der Waals surface area contributed by atoms with Gasteiger partial charge in [0, 0.05) is 12.1 Å². The molecule has 1 heterocycles. The number of anilines is 1. The zero-order valence-electron chi connectivity index (χ0n) is 12.9. The molecule has 3 rings (SSSR count). The monoisotopic (exact) mass is 328 g/mol. The summed E-state index contributed by atoms with van der Waals surface area (Å²) < 4.78 is 14.2. The number of aliphatic hydroxyl groups excluding tert-OH is 1. The molecule has 0 aromatic heterocycles. The first-order chi connectivity index (χ1) is 11.6. The van der Waals surface area contributed by atoms with Crippen molar-refractivity contribution in [1.29, 1.82) is 0 Å². The maximum Gasteiger partial charge on any atom is 0.254 e. The number of halogens is 1. The molecule has 0 spiro atoms. The minimum Gasteiger partial charge on any atom is -0.394 e. The van der Waals surface area contributed by atoms with Crippen LogP contribution in [0.1, 0.15) is 33.9 Å². The molecule has 1 aliphatic rings. The quantitative estimate of drug-likeness (QED) is 0.805. The smallest absolute Gasteiger partial charge is 0.254 e. The summed E-state index contributed by atoms with van der Waals surface area (Å²) in [6.45, 7) is -0.293. The third kappa shape index (κ3) is 3.28. The summed E-state index contributed by atoms with van der Waals surface area (Å²) >= 11 is 0. The first kappa shape index (κ1) is 16.1. The number of aliphatic hydroxyl groups is 1. The molecule has 0 aliphatic carbocycles. The molecule has 1 aliphatic heterocycles. The van der Waals surface area contributed by atoms with Crippen molar-refractivity contribution in [2.75, 3.05) is 11.9 Å². The maximum absolute atomic E-state index is 14.2. The van der Waals surface area contributed by atoms with Crippen LogP contribution >= 0.6 is 0 Å². The van der Waals surface area contributed by atoms with E-state index in [9.17, 15) is 19.1 Å². The van der Waals surface area contributed by atoms with Crippen LogP contribution in [0.25, 0.3) is 0 Å². The van der Waals surface area contributed by atoms with Gasteiger partial charge in [-0.15, -0.1) is 0 Å². The average molecular weight is 328 g/mol.